The van der Waals surface area contributed by atoms with Crippen molar-refractivity contribution in [2.45, 2.75) is 0 Å². The van der Waals surface area contributed by atoms with Crippen LogP contribution in [0.2, 0.25) is 0 Å². The van der Waals surface area contributed by atoms with Gasteiger partial charge in [0.1, 0.15) is 5.75 Å². The molecular weight excluding hydrogens is 468 g/mol. The fraction of sp³-hybridized carbons (Fsp3) is 0.0690. The zero-order valence-corrected chi connectivity index (χ0v) is 20.2. The van der Waals surface area contributed by atoms with E-state index in [0.29, 0.717) is 18.0 Å². The average Bonchev–Trinajstić information content (AvgIpc) is 3.31. The van der Waals surface area contributed by atoms with Crippen LogP contribution in [0.4, 0.5) is 5.69 Å². The number of hydrogen-bond donors (Lipinski definition) is 1. The molecule has 0 fully saturated rings. The maximum Gasteiger partial charge on any atom is 0.262 e. The van der Waals surface area contributed by atoms with E-state index in [1.807, 2.05) is 46.6 Å². The van der Waals surface area contributed by atoms with E-state index in [9.17, 15) is 4.79 Å². The molecule has 1 N–H and O–H groups in total. The second-order valence-electron chi connectivity index (χ2n) is 8.37. The summed E-state index contributed by atoms with van der Waals surface area (Å²) in [5, 5.41) is 14.4. The molecule has 36 heavy (non-hydrogen) atoms. The van der Waals surface area contributed by atoms with Gasteiger partial charge >= 0.3 is 0 Å². The summed E-state index contributed by atoms with van der Waals surface area (Å²) in [7, 11) is 0. The molecule has 0 aliphatic carbocycles. The van der Waals surface area contributed by atoms with Gasteiger partial charge in [0.25, 0.3) is 5.91 Å². The lowest BCUT2D eigenvalue weighted by atomic mass is 9.97. The molecular formula is C29H22N4O2S. The minimum Gasteiger partial charge on any atom is -0.482 e. The molecule has 5 aromatic rings. The molecule has 6 nitrogen and oxygen atoms in total. The van der Waals surface area contributed by atoms with Gasteiger partial charge in [0.15, 0.2) is 6.61 Å². The molecule has 1 aromatic heterocycles. The van der Waals surface area contributed by atoms with Crippen LogP contribution in [0.15, 0.2) is 101 Å². The SMILES string of the molecule is C=CCN=c1scc(-c2ccc3c(c2)NC(=O)CO3)n1N=Cc1c2ccccc2cc2ccccc12. The third-order valence-electron chi connectivity index (χ3n) is 6.06. The van der Waals surface area contributed by atoms with Gasteiger partial charge in [-0.25, -0.2) is 4.68 Å². The Balaban J connectivity index is 1.53. The number of benzene rings is 4. The van der Waals surface area contributed by atoms with E-state index in [4.69, 9.17) is 9.84 Å². The average molecular weight is 491 g/mol. The quantitative estimate of drug-likeness (QED) is 0.192. The molecule has 4 aromatic carbocycles. The first kappa shape index (κ1) is 22.0. The molecule has 0 saturated carbocycles. The lowest BCUT2D eigenvalue weighted by Gasteiger charge is -2.18. The van der Waals surface area contributed by atoms with Crippen molar-refractivity contribution in [2.24, 2.45) is 10.1 Å². The number of hydrogen-bond acceptors (Lipinski definition) is 5. The van der Waals surface area contributed by atoms with Gasteiger partial charge in [-0.2, -0.15) is 5.10 Å². The first-order chi connectivity index (χ1) is 17.7. The fourth-order valence-corrected chi connectivity index (χ4v) is 5.25. The summed E-state index contributed by atoms with van der Waals surface area (Å²) < 4.78 is 7.37. The van der Waals surface area contributed by atoms with Crippen molar-refractivity contribution in [2.75, 3.05) is 18.5 Å². The third kappa shape index (κ3) is 3.99. The number of anilines is 1. The van der Waals surface area contributed by atoms with Crippen LogP contribution in [0.25, 0.3) is 32.8 Å². The smallest absolute Gasteiger partial charge is 0.262 e. The zero-order valence-electron chi connectivity index (χ0n) is 19.3. The summed E-state index contributed by atoms with van der Waals surface area (Å²) in [6, 6.07) is 24.6. The molecule has 176 valence electrons. The van der Waals surface area contributed by atoms with Crippen molar-refractivity contribution in [3.05, 3.63) is 101 Å². The second kappa shape index (κ2) is 9.28. The second-order valence-corrected chi connectivity index (χ2v) is 9.21. The number of ether oxygens (including phenoxy) is 1. The fourth-order valence-electron chi connectivity index (χ4n) is 4.41. The third-order valence-corrected chi connectivity index (χ3v) is 6.92. The molecule has 2 heterocycles. The molecule has 0 saturated heterocycles. The first-order valence-electron chi connectivity index (χ1n) is 11.5. The predicted molar refractivity (Wildman–Crippen MR) is 147 cm³/mol. The van der Waals surface area contributed by atoms with E-state index >= 15 is 0 Å². The number of rotatable bonds is 5. The number of nitrogens with zero attached hydrogens (tertiary/aromatic N) is 3. The van der Waals surface area contributed by atoms with Crippen LogP contribution < -0.4 is 14.9 Å². The molecule has 0 bridgehead atoms. The minimum atomic E-state index is -0.166. The maximum atomic E-state index is 11.8. The highest BCUT2D eigenvalue weighted by Crippen LogP contribution is 2.33. The standard InChI is InChI=1S/C29H22N4O2S/c1-2-13-30-29-33(26(18-36-29)21-11-12-27-25(15-21)32-28(34)17-35-27)31-16-24-22-9-5-3-7-19(22)14-20-8-4-6-10-23(20)24/h2-12,14-16,18H,1,13,17H2,(H,32,34). The highest BCUT2D eigenvalue weighted by Gasteiger charge is 2.18. The van der Waals surface area contributed by atoms with Crippen molar-refractivity contribution in [3.8, 4) is 17.0 Å². The number of amides is 1. The molecule has 0 atom stereocenters. The zero-order chi connectivity index (χ0) is 24.5. The Morgan fingerprint density at radius 1 is 1.03 bits per heavy atom. The van der Waals surface area contributed by atoms with E-state index in [2.05, 4.69) is 59.4 Å². The van der Waals surface area contributed by atoms with Gasteiger partial charge in [-0.05, 0) is 45.8 Å². The summed E-state index contributed by atoms with van der Waals surface area (Å²) in [5.41, 5.74) is 3.46. The number of carbonyl (C=O) groups is 1. The minimum absolute atomic E-state index is 0.0264. The first-order valence-corrected chi connectivity index (χ1v) is 12.4. The monoisotopic (exact) mass is 490 g/mol. The lowest BCUT2D eigenvalue weighted by Crippen LogP contribution is -2.25. The van der Waals surface area contributed by atoms with Gasteiger partial charge in [-0.15, -0.1) is 17.9 Å². The van der Waals surface area contributed by atoms with E-state index < -0.39 is 0 Å². The van der Waals surface area contributed by atoms with Crippen molar-refractivity contribution in [3.63, 3.8) is 0 Å². The van der Waals surface area contributed by atoms with Crippen LogP contribution in [-0.2, 0) is 4.79 Å². The summed E-state index contributed by atoms with van der Waals surface area (Å²) in [5.74, 6) is 0.489. The highest BCUT2D eigenvalue weighted by molar-refractivity contribution is 7.07. The van der Waals surface area contributed by atoms with Crippen LogP contribution >= 0.6 is 11.3 Å². The van der Waals surface area contributed by atoms with Gasteiger partial charge in [-0.3, -0.25) is 9.79 Å². The predicted octanol–water partition coefficient (Wildman–Crippen LogP) is 5.82. The summed E-state index contributed by atoms with van der Waals surface area (Å²) in [6.45, 7) is 4.31. The summed E-state index contributed by atoms with van der Waals surface area (Å²) >= 11 is 1.51. The van der Waals surface area contributed by atoms with Crippen LogP contribution in [0.5, 0.6) is 5.75 Å². The highest BCUT2D eigenvalue weighted by atomic mass is 32.1. The van der Waals surface area contributed by atoms with Crippen molar-refractivity contribution in [1.29, 1.82) is 0 Å². The van der Waals surface area contributed by atoms with Crippen molar-refractivity contribution in [1.82, 2.24) is 4.68 Å². The van der Waals surface area contributed by atoms with E-state index in [1.54, 1.807) is 6.08 Å². The molecule has 0 spiro atoms. The van der Waals surface area contributed by atoms with E-state index in [-0.39, 0.29) is 12.5 Å². The van der Waals surface area contributed by atoms with Gasteiger partial charge in [0.2, 0.25) is 4.80 Å². The van der Waals surface area contributed by atoms with Crippen LogP contribution in [0.3, 0.4) is 0 Å². The Hall–Kier alpha value is -4.49. The number of thiazole rings is 1. The summed E-state index contributed by atoms with van der Waals surface area (Å²) in [4.78, 5) is 17.3. The summed E-state index contributed by atoms with van der Waals surface area (Å²) in [6.07, 6.45) is 3.68. The van der Waals surface area contributed by atoms with Crippen molar-refractivity contribution < 1.29 is 9.53 Å². The normalized spacial score (nSPS) is 13.7. The molecule has 0 unspecified atom stereocenters. The van der Waals surface area contributed by atoms with E-state index in [0.717, 1.165) is 43.2 Å². The van der Waals surface area contributed by atoms with E-state index in [1.165, 1.54) is 11.3 Å². The van der Waals surface area contributed by atoms with Gasteiger partial charge in [-0.1, -0.05) is 54.6 Å². The topological polar surface area (TPSA) is 68.0 Å². The molecule has 1 amide bonds. The molecule has 7 heteroatoms. The lowest BCUT2D eigenvalue weighted by molar-refractivity contribution is -0.118. The Labute approximate surface area is 211 Å². The van der Waals surface area contributed by atoms with Gasteiger partial charge < -0.3 is 10.1 Å². The van der Waals surface area contributed by atoms with Gasteiger partial charge in [0, 0.05) is 16.5 Å². The maximum absolute atomic E-state index is 11.8. The number of nitrogens with one attached hydrogen (secondary N) is 1. The molecule has 6 rings (SSSR count). The van der Waals surface area contributed by atoms with Gasteiger partial charge in [0.05, 0.1) is 24.1 Å². The number of fused-ring (bicyclic) bond motifs is 3. The Morgan fingerprint density at radius 2 is 1.78 bits per heavy atom. The number of aromatic nitrogens is 1. The van der Waals surface area contributed by atoms with Crippen LogP contribution in [0.1, 0.15) is 5.56 Å². The molecule has 1 aliphatic rings. The Morgan fingerprint density at radius 3 is 2.53 bits per heavy atom. The molecule has 0 radical (unpaired) electrons. The van der Waals surface area contributed by atoms with Crippen LogP contribution in [0, 0.1) is 0 Å². The molecule has 1 aliphatic heterocycles. The largest absolute Gasteiger partial charge is 0.482 e. The Kier molecular flexibility index (Phi) is 5.67. The number of carbonyl (C=O) groups excluding carboxylic acids is 1. The van der Waals surface area contributed by atoms with Crippen molar-refractivity contribution >= 4 is 50.7 Å². The van der Waals surface area contributed by atoms with Crippen LogP contribution in [-0.4, -0.2) is 29.9 Å². The Bertz CT molecular complexity index is 1690.